The molecule has 0 fully saturated rings. The molecule has 0 saturated carbocycles. The lowest BCUT2D eigenvalue weighted by Crippen LogP contribution is -2.39. The Bertz CT molecular complexity index is 1150. The third-order valence-electron chi connectivity index (χ3n) is 4.91. The predicted molar refractivity (Wildman–Crippen MR) is 112 cm³/mol. The van der Waals surface area contributed by atoms with E-state index >= 15 is 0 Å². The molecular formula is C23H20N4O2. The molecule has 4 aromatic rings. The number of rotatable bonds is 4. The molecule has 6 heteroatoms. The van der Waals surface area contributed by atoms with Crippen molar-refractivity contribution in [2.24, 2.45) is 0 Å². The number of ether oxygens (including phenoxy) is 2. The number of hydrogen-bond acceptors (Lipinski definition) is 6. The Labute approximate surface area is 168 Å². The quantitative estimate of drug-likeness (QED) is 0.531. The summed E-state index contributed by atoms with van der Waals surface area (Å²) in [6, 6.07) is 19.7. The summed E-state index contributed by atoms with van der Waals surface area (Å²) >= 11 is 0. The minimum atomic E-state index is -0.0922. The first-order valence-electron chi connectivity index (χ1n) is 9.55. The summed E-state index contributed by atoms with van der Waals surface area (Å²) in [6.07, 6.45) is 3.43. The molecule has 0 amide bonds. The number of anilines is 1. The van der Waals surface area contributed by atoms with E-state index in [1.807, 2.05) is 67.7 Å². The van der Waals surface area contributed by atoms with Crippen molar-refractivity contribution in [3.05, 3.63) is 73.1 Å². The number of para-hydroxylation sites is 3. The maximum absolute atomic E-state index is 6.13. The molecule has 2 aromatic carbocycles. The van der Waals surface area contributed by atoms with E-state index in [2.05, 4.69) is 9.88 Å². The minimum absolute atomic E-state index is 0.0922. The van der Waals surface area contributed by atoms with Crippen molar-refractivity contribution in [1.82, 2.24) is 15.0 Å². The summed E-state index contributed by atoms with van der Waals surface area (Å²) < 4.78 is 12.0. The van der Waals surface area contributed by atoms with Gasteiger partial charge in [-0.2, -0.15) is 0 Å². The molecule has 2 aromatic heterocycles. The third-order valence-corrected chi connectivity index (χ3v) is 4.91. The van der Waals surface area contributed by atoms with Crippen molar-refractivity contribution < 1.29 is 9.47 Å². The van der Waals surface area contributed by atoms with Crippen molar-refractivity contribution in [2.75, 3.05) is 25.1 Å². The minimum Gasteiger partial charge on any atom is -0.486 e. The Morgan fingerprint density at radius 2 is 1.79 bits per heavy atom. The smallest absolute Gasteiger partial charge is 0.163 e. The number of pyridine rings is 1. The molecule has 0 unspecified atom stereocenters. The van der Waals surface area contributed by atoms with E-state index in [-0.39, 0.29) is 6.10 Å². The molecule has 1 aliphatic heterocycles. The summed E-state index contributed by atoms with van der Waals surface area (Å²) in [4.78, 5) is 15.9. The molecule has 5 rings (SSSR count). The second kappa shape index (κ2) is 7.39. The van der Waals surface area contributed by atoms with Gasteiger partial charge in [0.05, 0.1) is 12.1 Å². The highest BCUT2D eigenvalue weighted by atomic mass is 16.6. The predicted octanol–water partition coefficient (Wildman–Crippen LogP) is 3.97. The zero-order chi connectivity index (χ0) is 19.6. The van der Waals surface area contributed by atoms with Crippen LogP contribution in [0.1, 0.15) is 0 Å². The van der Waals surface area contributed by atoms with Gasteiger partial charge in [0.15, 0.2) is 23.4 Å². The van der Waals surface area contributed by atoms with Crippen LogP contribution in [-0.2, 0) is 0 Å². The van der Waals surface area contributed by atoms with Gasteiger partial charge in [0.25, 0.3) is 0 Å². The fourth-order valence-corrected chi connectivity index (χ4v) is 3.52. The topological polar surface area (TPSA) is 60.4 Å². The number of fused-ring (bicyclic) bond motifs is 2. The number of nitrogens with zero attached hydrogens (tertiary/aromatic N) is 4. The second-order valence-corrected chi connectivity index (χ2v) is 7.01. The van der Waals surface area contributed by atoms with Crippen LogP contribution in [0.25, 0.3) is 22.3 Å². The van der Waals surface area contributed by atoms with Crippen molar-refractivity contribution in [3.8, 4) is 22.9 Å². The standard InChI is InChI=1S/C23H20N4O2/c1-27(14-17-15-28-20-10-4-5-11-21(20)29-17)23-18-8-2-3-9-19(18)25-22(26-23)16-7-6-12-24-13-16/h2-13,17H,14-15H2,1H3/t17-/m1/s1. The summed E-state index contributed by atoms with van der Waals surface area (Å²) in [5.74, 6) is 3.08. The maximum Gasteiger partial charge on any atom is 0.163 e. The van der Waals surface area contributed by atoms with Gasteiger partial charge in [-0.15, -0.1) is 0 Å². The van der Waals surface area contributed by atoms with E-state index in [0.29, 0.717) is 19.0 Å². The molecule has 0 bridgehead atoms. The molecule has 0 radical (unpaired) electrons. The van der Waals surface area contributed by atoms with Crippen molar-refractivity contribution in [3.63, 3.8) is 0 Å². The number of likely N-dealkylation sites (N-methyl/N-ethyl adjacent to an activating group) is 1. The highest BCUT2D eigenvalue weighted by molar-refractivity contribution is 5.91. The average molecular weight is 384 g/mol. The van der Waals surface area contributed by atoms with E-state index in [9.17, 15) is 0 Å². The molecule has 0 aliphatic carbocycles. The molecule has 29 heavy (non-hydrogen) atoms. The van der Waals surface area contributed by atoms with Crippen molar-refractivity contribution in [1.29, 1.82) is 0 Å². The highest BCUT2D eigenvalue weighted by Gasteiger charge is 2.23. The number of hydrogen-bond donors (Lipinski definition) is 0. The second-order valence-electron chi connectivity index (χ2n) is 7.01. The lowest BCUT2D eigenvalue weighted by Gasteiger charge is -2.30. The molecule has 0 saturated heterocycles. The zero-order valence-electron chi connectivity index (χ0n) is 16.0. The van der Waals surface area contributed by atoms with Gasteiger partial charge in [-0.1, -0.05) is 24.3 Å². The van der Waals surface area contributed by atoms with Crippen LogP contribution in [0.2, 0.25) is 0 Å². The van der Waals surface area contributed by atoms with Gasteiger partial charge in [0.2, 0.25) is 0 Å². The first-order chi connectivity index (χ1) is 14.3. The summed E-state index contributed by atoms with van der Waals surface area (Å²) in [5.41, 5.74) is 1.79. The van der Waals surface area contributed by atoms with E-state index < -0.39 is 0 Å². The fourth-order valence-electron chi connectivity index (χ4n) is 3.52. The molecule has 1 aliphatic rings. The van der Waals surface area contributed by atoms with E-state index in [1.165, 1.54) is 0 Å². The van der Waals surface area contributed by atoms with E-state index in [1.54, 1.807) is 12.4 Å². The molecule has 3 heterocycles. The first-order valence-corrected chi connectivity index (χ1v) is 9.55. The molecule has 1 atom stereocenters. The van der Waals surface area contributed by atoms with Crippen LogP contribution in [0, 0.1) is 0 Å². The summed E-state index contributed by atoms with van der Waals surface area (Å²) in [7, 11) is 2.02. The van der Waals surface area contributed by atoms with E-state index in [4.69, 9.17) is 19.4 Å². The Kier molecular flexibility index (Phi) is 4.44. The molecule has 144 valence electrons. The van der Waals surface area contributed by atoms with Gasteiger partial charge in [0.1, 0.15) is 12.4 Å². The third kappa shape index (κ3) is 3.45. The van der Waals surface area contributed by atoms with Crippen LogP contribution in [0.4, 0.5) is 5.82 Å². The lowest BCUT2D eigenvalue weighted by atomic mass is 10.2. The van der Waals surface area contributed by atoms with Crippen LogP contribution >= 0.6 is 0 Å². The van der Waals surface area contributed by atoms with E-state index in [0.717, 1.165) is 33.8 Å². The summed E-state index contributed by atoms with van der Waals surface area (Å²) in [6.45, 7) is 1.14. The highest BCUT2D eigenvalue weighted by Crippen LogP contribution is 2.32. The first kappa shape index (κ1) is 17.4. The molecule has 0 N–H and O–H groups in total. The van der Waals surface area contributed by atoms with Gasteiger partial charge in [-0.3, -0.25) is 4.98 Å². The number of aromatic nitrogens is 3. The normalized spacial score (nSPS) is 15.3. The van der Waals surface area contributed by atoms with Gasteiger partial charge >= 0.3 is 0 Å². The lowest BCUT2D eigenvalue weighted by molar-refractivity contribution is 0.0960. The van der Waals surface area contributed by atoms with Crippen LogP contribution < -0.4 is 14.4 Å². The van der Waals surface area contributed by atoms with Crippen LogP contribution in [0.15, 0.2) is 73.1 Å². The van der Waals surface area contributed by atoms with Gasteiger partial charge < -0.3 is 14.4 Å². The van der Waals surface area contributed by atoms with Crippen LogP contribution in [-0.4, -0.2) is 41.3 Å². The average Bonchev–Trinajstić information content (AvgIpc) is 2.79. The largest absolute Gasteiger partial charge is 0.486 e. The Hall–Kier alpha value is -3.67. The van der Waals surface area contributed by atoms with Gasteiger partial charge in [0, 0.05) is 30.4 Å². The SMILES string of the molecule is CN(C[C@@H]1COc2ccccc2O1)c1nc(-c2cccnc2)nc2ccccc12. The van der Waals surface area contributed by atoms with Gasteiger partial charge in [-0.05, 0) is 36.4 Å². The Morgan fingerprint density at radius 1 is 0.966 bits per heavy atom. The molecular weight excluding hydrogens is 364 g/mol. The van der Waals surface area contributed by atoms with Crippen LogP contribution in [0.3, 0.4) is 0 Å². The van der Waals surface area contributed by atoms with Gasteiger partial charge in [-0.25, -0.2) is 9.97 Å². The molecule has 0 spiro atoms. The fraction of sp³-hybridized carbons (Fsp3) is 0.174. The van der Waals surface area contributed by atoms with Crippen LogP contribution in [0.5, 0.6) is 11.5 Å². The monoisotopic (exact) mass is 384 g/mol. The Morgan fingerprint density at radius 3 is 2.66 bits per heavy atom. The summed E-state index contributed by atoms with van der Waals surface area (Å²) in [5, 5.41) is 1.000. The number of benzene rings is 2. The molecule has 6 nitrogen and oxygen atoms in total. The van der Waals surface area contributed by atoms with Crippen molar-refractivity contribution in [2.45, 2.75) is 6.10 Å². The zero-order valence-corrected chi connectivity index (χ0v) is 16.0. The Balaban J connectivity index is 1.47. The van der Waals surface area contributed by atoms with Crippen molar-refractivity contribution >= 4 is 16.7 Å². The maximum atomic E-state index is 6.13.